The van der Waals surface area contributed by atoms with Gasteiger partial charge in [0.2, 0.25) is 0 Å². The molecule has 0 radical (unpaired) electrons. The molecule has 1 aromatic heterocycles. The minimum Gasteiger partial charge on any atom is -0.318 e. The summed E-state index contributed by atoms with van der Waals surface area (Å²) in [5.41, 5.74) is 2.16. The summed E-state index contributed by atoms with van der Waals surface area (Å²) in [5.74, 6) is 3.82. The molecule has 0 atom stereocenters. The number of benzene rings is 1. The lowest BCUT2D eigenvalue weighted by atomic mass is 10.1. The van der Waals surface area contributed by atoms with Gasteiger partial charge in [0.15, 0.2) is 5.69 Å². The Labute approximate surface area is 136 Å². The number of anilines is 1. The van der Waals surface area contributed by atoms with Gasteiger partial charge in [-0.25, -0.2) is 5.84 Å². The van der Waals surface area contributed by atoms with Gasteiger partial charge in [-0.15, -0.1) is 0 Å². The number of para-hydroxylation sites is 1. The topological polar surface area (TPSA) is 145 Å². The molecule has 126 valence electrons. The largest absolute Gasteiger partial charge is 0.318 e. The molecule has 0 aliphatic carbocycles. The van der Waals surface area contributed by atoms with Gasteiger partial charge in [0.05, 0.1) is 16.3 Å². The molecule has 0 saturated carbocycles. The Bertz CT molecular complexity index is 814. The summed E-state index contributed by atoms with van der Waals surface area (Å²) in [4.78, 5) is 34.8. The first-order valence-electron chi connectivity index (χ1n) is 7.03. The van der Waals surface area contributed by atoms with Crippen molar-refractivity contribution in [3.05, 3.63) is 51.3 Å². The second kappa shape index (κ2) is 6.87. The quantitative estimate of drug-likeness (QED) is 0.322. The van der Waals surface area contributed by atoms with Crippen molar-refractivity contribution >= 4 is 23.2 Å². The Morgan fingerprint density at radius 1 is 1.33 bits per heavy atom. The zero-order chi connectivity index (χ0) is 17.9. The van der Waals surface area contributed by atoms with Crippen LogP contribution in [0.15, 0.2) is 24.3 Å². The number of nitrogens with one attached hydrogen (secondary N) is 2. The summed E-state index contributed by atoms with van der Waals surface area (Å²) in [5, 5.41) is 17.7. The Morgan fingerprint density at radius 3 is 2.58 bits per heavy atom. The second-order valence-electron chi connectivity index (χ2n) is 4.83. The lowest BCUT2D eigenvalue weighted by Crippen LogP contribution is -2.33. The van der Waals surface area contributed by atoms with Crippen LogP contribution in [0, 0.1) is 17.0 Å². The molecule has 0 aliphatic heterocycles. The third-order valence-corrected chi connectivity index (χ3v) is 3.36. The van der Waals surface area contributed by atoms with Gasteiger partial charge >= 0.3 is 0 Å². The molecule has 0 bridgehead atoms. The van der Waals surface area contributed by atoms with Crippen molar-refractivity contribution in [3.8, 4) is 0 Å². The number of aryl methyl sites for hydroxylation is 2. The molecule has 0 spiro atoms. The van der Waals surface area contributed by atoms with E-state index in [9.17, 15) is 19.7 Å². The van der Waals surface area contributed by atoms with E-state index < -0.39 is 16.7 Å². The zero-order valence-electron chi connectivity index (χ0n) is 13.1. The number of nitrogens with two attached hydrogens (primary N) is 1. The number of nitro benzene ring substituents is 1. The fraction of sp³-hybridized carbons (Fsp3) is 0.214. The van der Waals surface area contributed by atoms with Gasteiger partial charge in [0.1, 0.15) is 5.56 Å². The summed E-state index contributed by atoms with van der Waals surface area (Å²) < 4.78 is 1.38. The van der Waals surface area contributed by atoms with Gasteiger partial charge in [-0.3, -0.25) is 29.8 Å². The maximum absolute atomic E-state index is 12.4. The molecule has 2 rings (SSSR count). The number of aromatic nitrogens is 2. The average Bonchev–Trinajstić information content (AvgIpc) is 2.89. The van der Waals surface area contributed by atoms with Gasteiger partial charge < -0.3 is 5.32 Å². The second-order valence-corrected chi connectivity index (χ2v) is 4.83. The number of nitrogens with zero attached hydrogens (tertiary/aromatic N) is 3. The number of amides is 2. The van der Waals surface area contributed by atoms with Crippen LogP contribution in [0.4, 0.5) is 11.4 Å². The lowest BCUT2D eigenvalue weighted by Gasteiger charge is -2.08. The molecule has 4 N–H and O–H groups in total. The monoisotopic (exact) mass is 332 g/mol. The van der Waals surface area contributed by atoms with E-state index in [0.29, 0.717) is 12.2 Å². The van der Waals surface area contributed by atoms with E-state index in [1.807, 2.05) is 5.43 Å². The summed E-state index contributed by atoms with van der Waals surface area (Å²) in [6.07, 6.45) is 0. The van der Waals surface area contributed by atoms with E-state index >= 15 is 0 Å². The van der Waals surface area contributed by atoms with Crippen LogP contribution in [0.25, 0.3) is 0 Å². The fourth-order valence-electron chi connectivity index (χ4n) is 2.26. The van der Waals surface area contributed by atoms with Gasteiger partial charge in [0, 0.05) is 12.6 Å². The maximum Gasteiger partial charge on any atom is 0.285 e. The lowest BCUT2D eigenvalue weighted by molar-refractivity contribution is -0.385. The molecule has 24 heavy (non-hydrogen) atoms. The minimum absolute atomic E-state index is 0.0736. The number of rotatable bonds is 5. The Morgan fingerprint density at radius 2 is 2.00 bits per heavy atom. The molecule has 0 aliphatic rings. The van der Waals surface area contributed by atoms with Crippen LogP contribution < -0.4 is 16.6 Å². The molecule has 10 heteroatoms. The molecule has 0 saturated heterocycles. The highest BCUT2D eigenvalue weighted by Gasteiger charge is 2.25. The van der Waals surface area contributed by atoms with Crippen LogP contribution in [-0.4, -0.2) is 26.5 Å². The van der Waals surface area contributed by atoms with Gasteiger partial charge in [-0.2, -0.15) is 5.10 Å². The molecular formula is C14H16N6O4. The third kappa shape index (κ3) is 3.08. The first-order chi connectivity index (χ1) is 11.4. The van der Waals surface area contributed by atoms with E-state index in [1.54, 1.807) is 13.8 Å². The SMILES string of the molecule is CCn1nc(C)c(NC(=O)c2ccccc2[N+](=O)[O-])c1C(=O)NN. The Balaban J connectivity index is 2.45. The number of nitro groups is 1. The van der Waals surface area contributed by atoms with Crippen molar-refractivity contribution in [2.24, 2.45) is 5.84 Å². The molecule has 2 aromatic rings. The van der Waals surface area contributed by atoms with Crippen LogP contribution in [-0.2, 0) is 6.54 Å². The molecule has 1 aromatic carbocycles. The van der Waals surface area contributed by atoms with Crippen molar-refractivity contribution < 1.29 is 14.5 Å². The van der Waals surface area contributed by atoms with E-state index in [2.05, 4.69) is 10.4 Å². The number of hydrogen-bond acceptors (Lipinski definition) is 6. The maximum atomic E-state index is 12.4. The van der Waals surface area contributed by atoms with Crippen LogP contribution >= 0.6 is 0 Å². The number of hydrazine groups is 1. The smallest absolute Gasteiger partial charge is 0.285 e. The van der Waals surface area contributed by atoms with Crippen molar-refractivity contribution in [1.29, 1.82) is 0 Å². The first kappa shape index (κ1) is 17.1. The molecule has 1 heterocycles. The number of hydrogen-bond donors (Lipinski definition) is 3. The highest BCUT2D eigenvalue weighted by Crippen LogP contribution is 2.24. The highest BCUT2D eigenvalue weighted by molar-refractivity contribution is 6.10. The Kier molecular flexibility index (Phi) is 4.90. The number of carbonyl (C=O) groups is 2. The van der Waals surface area contributed by atoms with Gasteiger partial charge in [-0.05, 0) is 19.9 Å². The third-order valence-electron chi connectivity index (χ3n) is 3.36. The molecule has 10 nitrogen and oxygen atoms in total. The Hall–Kier alpha value is -3.27. The van der Waals surface area contributed by atoms with Crippen molar-refractivity contribution in [1.82, 2.24) is 15.2 Å². The predicted molar refractivity (Wildman–Crippen MR) is 85.3 cm³/mol. The molecule has 2 amide bonds. The normalized spacial score (nSPS) is 10.3. The number of carbonyl (C=O) groups excluding carboxylic acids is 2. The summed E-state index contributed by atoms with van der Waals surface area (Å²) in [6.45, 7) is 3.76. The number of nitrogen functional groups attached to an aromatic ring is 1. The van der Waals surface area contributed by atoms with Crippen molar-refractivity contribution in [2.75, 3.05) is 5.32 Å². The van der Waals surface area contributed by atoms with Crippen LogP contribution in [0.5, 0.6) is 0 Å². The minimum atomic E-state index is -0.716. The van der Waals surface area contributed by atoms with Crippen molar-refractivity contribution in [2.45, 2.75) is 20.4 Å². The molecule has 0 fully saturated rings. The van der Waals surface area contributed by atoms with E-state index in [0.717, 1.165) is 0 Å². The fourth-order valence-corrected chi connectivity index (χ4v) is 2.26. The van der Waals surface area contributed by atoms with E-state index in [1.165, 1.54) is 28.9 Å². The summed E-state index contributed by atoms with van der Waals surface area (Å²) in [6, 6.07) is 5.53. The van der Waals surface area contributed by atoms with Crippen LogP contribution in [0.3, 0.4) is 0 Å². The van der Waals surface area contributed by atoms with E-state index in [-0.39, 0.29) is 22.6 Å². The van der Waals surface area contributed by atoms with Gasteiger partial charge in [0.25, 0.3) is 17.5 Å². The van der Waals surface area contributed by atoms with Crippen LogP contribution in [0.2, 0.25) is 0 Å². The predicted octanol–water partition coefficient (Wildman–Crippen LogP) is 0.975. The highest BCUT2D eigenvalue weighted by atomic mass is 16.6. The van der Waals surface area contributed by atoms with Gasteiger partial charge in [-0.1, -0.05) is 12.1 Å². The van der Waals surface area contributed by atoms with E-state index in [4.69, 9.17) is 5.84 Å². The summed E-state index contributed by atoms with van der Waals surface area (Å²) >= 11 is 0. The van der Waals surface area contributed by atoms with Crippen LogP contribution in [0.1, 0.15) is 33.5 Å². The average molecular weight is 332 g/mol. The standard InChI is InChI=1S/C14H16N6O4/c1-3-19-12(14(22)17-15)11(8(2)18-19)16-13(21)9-6-4-5-7-10(9)20(23)24/h4-7H,3,15H2,1-2H3,(H,16,21)(H,17,22). The molecule has 0 unspecified atom stereocenters. The summed E-state index contributed by atoms with van der Waals surface area (Å²) in [7, 11) is 0. The van der Waals surface area contributed by atoms with Crippen molar-refractivity contribution in [3.63, 3.8) is 0 Å². The molecular weight excluding hydrogens is 316 g/mol. The first-order valence-corrected chi connectivity index (χ1v) is 7.03. The zero-order valence-corrected chi connectivity index (χ0v) is 13.1.